The second kappa shape index (κ2) is 10.7. The summed E-state index contributed by atoms with van der Waals surface area (Å²) in [6.45, 7) is 1.91. The van der Waals surface area contributed by atoms with E-state index in [4.69, 9.17) is 4.42 Å². The lowest BCUT2D eigenvalue weighted by Gasteiger charge is -2.02. The van der Waals surface area contributed by atoms with Crippen LogP contribution >= 0.6 is 27.7 Å². The van der Waals surface area contributed by atoms with Crippen LogP contribution < -0.4 is 0 Å². The van der Waals surface area contributed by atoms with Gasteiger partial charge in [-0.15, -0.1) is 11.8 Å². The fraction of sp³-hybridized carbons (Fsp3) is 0.304. The largest absolute Gasteiger partial charge is 0.441 e. The van der Waals surface area contributed by atoms with E-state index >= 15 is 0 Å². The third kappa shape index (κ3) is 6.54. The standard InChI is InChI=1S/C23H23BrFNO2S/c1-16-22(26-23(28-16)19-9-5-18(13-24)6-10-19)15-29-14-21(27)4-2-3-17-7-11-20(25)12-8-17/h5-12H,2-4,13-15H2,1H3. The summed E-state index contributed by atoms with van der Waals surface area (Å²) < 4.78 is 18.7. The van der Waals surface area contributed by atoms with Gasteiger partial charge in [0.25, 0.3) is 0 Å². The molecule has 0 unspecified atom stereocenters. The Kier molecular flexibility index (Phi) is 8.07. The first-order valence-corrected chi connectivity index (χ1v) is 11.8. The van der Waals surface area contributed by atoms with E-state index in [0.29, 0.717) is 23.8 Å². The maximum atomic E-state index is 12.9. The Bertz CT molecular complexity index is 939. The summed E-state index contributed by atoms with van der Waals surface area (Å²) in [6, 6.07) is 14.5. The van der Waals surface area contributed by atoms with E-state index in [-0.39, 0.29) is 11.6 Å². The van der Waals surface area contributed by atoms with Crippen molar-refractivity contribution in [2.45, 2.75) is 37.3 Å². The molecule has 0 aliphatic heterocycles. The van der Waals surface area contributed by atoms with Crippen molar-refractivity contribution in [3.05, 3.63) is 76.9 Å². The number of aryl methyl sites for hydroxylation is 2. The number of carbonyl (C=O) groups is 1. The van der Waals surface area contributed by atoms with Gasteiger partial charge in [0, 0.05) is 23.1 Å². The number of alkyl halides is 1. The number of ketones is 1. The van der Waals surface area contributed by atoms with Gasteiger partial charge in [0.05, 0.1) is 11.4 Å². The van der Waals surface area contributed by atoms with Gasteiger partial charge in [-0.3, -0.25) is 4.79 Å². The SMILES string of the molecule is Cc1oc(-c2ccc(CBr)cc2)nc1CSCC(=O)CCCc1ccc(F)cc1. The number of rotatable bonds is 10. The van der Waals surface area contributed by atoms with Crippen molar-refractivity contribution in [3.8, 4) is 11.5 Å². The minimum atomic E-state index is -0.233. The number of hydrogen-bond acceptors (Lipinski definition) is 4. The Labute approximate surface area is 183 Å². The summed E-state index contributed by atoms with van der Waals surface area (Å²) in [5.41, 5.74) is 4.09. The number of halogens is 2. The molecule has 0 aliphatic carbocycles. The smallest absolute Gasteiger partial charge is 0.226 e. The van der Waals surface area contributed by atoms with Gasteiger partial charge < -0.3 is 4.42 Å². The van der Waals surface area contributed by atoms with Crippen LogP contribution in [0, 0.1) is 12.7 Å². The zero-order chi connectivity index (χ0) is 20.6. The molecule has 0 fully saturated rings. The molecule has 0 amide bonds. The van der Waals surface area contributed by atoms with Gasteiger partial charge >= 0.3 is 0 Å². The fourth-order valence-corrected chi connectivity index (χ4v) is 4.21. The predicted molar refractivity (Wildman–Crippen MR) is 120 cm³/mol. The monoisotopic (exact) mass is 475 g/mol. The Morgan fingerprint density at radius 2 is 1.79 bits per heavy atom. The predicted octanol–water partition coefficient (Wildman–Crippen LogP) is 6.51. The number of nitrogens with zero attached hydrogens (tertiary/aromatic N) is 1. The molecular formula is C23H23BrFNO2S. The Morgan fingerprint density at radius 1 is 1.10 bits per heavy atom. The van der Waals surface area contributed by atoms with E-state index in [9.17, 15) is 9.18 Å². The number of aromatic nitrogens is 1. The Balaban J connectivity index is 1.43. The van der Waals surface area contributed by atoms with Gasteiger partial charge in [-0.2, -0.15) is 0 Å². The first-order chi connectivity index (χ1) is 14.0. The van der Waals surface area contributed by atoms with Crippen molar-refractivity contribution in [1.29, 1.82) is 0 Å². The maximum absolute atomic E-state index is 12.9. The third-order valence-corrected chi connectivity index (χ3v) is 6.24. The summed E-state index contributed by atoms with van der Waals surface area (Å²) in [5.74, 6) is 2.52. The van der Waals surface area contributed by atoms with Crippen LogP contribution in [-0.4, -0.2) is 16.5 Å². The van der Waals surface area contributed by atoms with Crippen LogP contribution in [-0.2, 0) is 22.3 Å². The lowest BCUT2D eigenvalue weighted by atomic mass is 10.1. The third-order valence-electron chi connectivity index (χ3n) is 4.58. The van der Waals surface area contributed by atoms with E-state index in [1.165, 1.54) is 17.7 Å². The molecule has 0 radical (unpaired) electrons. The van der Waals surface area contributed by atoms with Crippen LogP contribution in [0.5, 0.6) is 0 Å². The molecule has 0 bridgehead atoms. The van der Waals surface area contributed by atoms with E-state index in [2.05, 4.69) is 20.9 Å². The highest BCUT2D eigenvalue weighted by Gasteiger charge is 2.12. The van der Waals surface area contributed by atoms with Crippen molar-refractivity contribution >= 4 is 33.5 Å². The van der Waals surface area contributed by atoms with Crippen LogP contribution in [0.15, 0.2) is 52.9 Å². The van der Waals surface area contributed by atoms with Crippen LogP contribution in [0.4, 0.5) is 4.39 Å². The molecule has 0 saturated heterocycles. The molecule has 0 saturated carbocycles. The van der Waals surface area contributed by atoms with E-state index in [0.717, 1.165) is 40.8 Å². The summed E-state index contributed by atoms with van der Waals surface area (Å²) in [7, 11) is 0. The molecule has 1 aromatic heterocycles. The summed E-state index contributed by atoms with van der Waals surface area (Å²) in [5, 5.41) is 0.817. The second-order valence-corrected chi connectivity index (χ2v) is 8.41. The molecule has 2 aromatic carbocycles. The fourth-order valence-electron chi connectivity index (χ4n) is 2.90. The number of thioether (sulfide) groups is 1. The van der Waals surface area contributed by atoms with Crippen molar-refractivity contribution in [2.75, 3.05) is 5.75 Å². The number of carbonyl (C=O) groups excluding carboxylic acids is 1. The maximum Gasteiger partial charge on any atom is 0.226 e. The molecule has 3 aromatic rings. The van der Waals surface area contributed by atoms with Crippen molar-refractivity contribution < 1.29 is 13.6 Å². The normalized spacial score (nSPS) is 11.0. The summed E-state index contributed by atoms with van der Waals surface area (Å²) >= 11 is 5.00. The van der Waals surface area contributed by atoms with Crippen molar-refractivity contribution in [2.24, 2.45) is 0 Å². The van der Waals surface area contributed by atoms with E-state index in [1.807, 2.05) is 31.2 Å². The van der Waals surface area contributed by atoms with Crippen molar-refractivity contribution in [1.82, 2.24) is 4.98 Å². The number of benzene rings is 2. The molecule has 0 atom stereocenters. The zero-order valence-electron chi connectivity index (χ0n) is 16.3. The molecular weight excluding hydrogens is 453 g/mol. The minimum absolute atomic E-state index is 0.226. The number of oxazole rings is 1. The number of Topliss-reactive ketones (excluding diaryl/α,β-unsaturated/α-hetero) is 1. The van der Waals surface area contributed by atoms with Gasteiger partial charge in [-0.25, -0.2) is 9.37 Å². The topological polar surface area (TPSA) is 43.1 Å². The quantitative estimate of drug-likeness (QED) is 0.313. The minimum Gasteiger partial charge on any atom is -0.441 e. The average Bonchev–Trinajstić information content (AvgIpc) is 3.10. The highest BCUT2D eigenvalue weighted by molar-refractivity contribution is 9.08. The number of hydrogen-bond donors (Lipinski definition) is 0. The molecule has 0 N–H and O–H groups in total. The van der Waals surface area contributed by atoms with Gasteiger partial charge in [0.15, 0.2) is 0 Å². The highest BCUT2D eigenvalue weighted by Crippen LogP contribution is 2.25. The average molecular weight is 476 g/mol. The Hall–Kier alpha value is -1.92. The van der Waals surface area contributed by atoms with Gasteiger partial charge in [0.2, 0.25) is 5.89 Å². The first kappa shape index (κ1) is 21.8. The van der Waals surface area contributed by atoms with Gasteiger partial charge in [-0.05, 0) is 55.2 Å². The van der Waals surface area contributed by atoms with Crippen LogP contribution in [0.2, 0.25) is 0 Å². The lowest BCUT2D eigenvalue weighted by Crippen LogP contribution is -2.02. The van der Waals surface area contributed by atoms with Gasteiger partial charge in [-0.1, -0.05) is 40.2 Å². The first-order valence-electron chi connectivity index (χ1n) is 9.50. The second-order valence-electron chi connectivity index (χ2n) is 6.86. The summed E-state index contributed by atoms with van der Waals surface area (Å²) in [4.78, 5) is 16.7. The summed E-state index contributed by atoms with van der Waals surface area (Å²) in [6.07, 6.45) is 2.10. The molecule has 29 heavy (non-hydrogen) atoms. The van der Waals surface area contributed by atoms with E-state index < -0.39 is 0 Å². The van der Waals surface area contributed by atoms with Crippen LogP contribution in [0.1, 0.15) is 35.4 Å². The molecule has 3 rings (SSSR count). The lowest BCUT2D eigenvalue weighted by molar-refractivity contribution is -0.116. The molecule has 3 nitrogen and oxygen atoms in total. The van der Waals surface area contributed by atoms with E-state index in [1.54, 1.807) is 23.9 Å². The van der Waals surface area contributed by atoms with Gasteiger partial charge in [0.1, 0.15) is 17.4 Å². The molecule has 152 valence electrons. The van der Waals surface area contributed by atoms with Crippen LogP contribution in [0.25, 0.3) is 11.5 Å². The van der Waals surface area contributed by atoms with Crippen molar-refractivity contribution in [3.63, 3.8) is 0 Å². The molecule has 6 heteroatoms. The van der Waals surface area contributed by atoms with Crippen LogP contribution in [0.3, 0.4) is 0 Å². The molecule has 0 spiro atoms. The molecule has 1 heterocycles. The highest BCUT2D eigenvalue weighted by atomic mass is 79.9. The zero-order valence-corrected chi connectivity index (χ0v) is 18.7. The molecule has 0 aliphatic rings. The Morgan fingerprint density at radius 3 is 2.48 bits per heavy atom.